The SMILES string of the molecule is CN(C)CC1CCN(C(=O)c2cnn(Cc3ccccc3Cl)c2)CC1. The first-order chi connectivity index (χ1) is 12.0. The number of piperidine rings is 1. The van der Waals surface area contributed by atoms with E-state index < -0.39 is 0 Å². The van der Waals surface area contributed by atoms with Gasteiger partial charge in [-0.1, -0.05) is 29.8 Å². The van der Waals surface area contributed by atoms with Gasteiger partial charge in [0.25, 0.3) is 5.91 Å². The van der Waals surface area contributed by atoms with Crippen LogP contribution in [0.3, 0.4) is 0 Å². The first-order valence-corrected chi connectivity index (χ1v) is 9.10. The number of likely N-dealkylation sites (tertiary alicyclic amines) is 1. The van der Waals surface area contributed by atoms with Crippen LogP contribution in [0.2, 0.25) is 5.02 Å². The van der Waals surface area contributed by atoms with Crippen molar-refractivity contribution in [1.82, 2.24) is 19.6 Å². The molecular formula is C19H25ClN4O. The Kier molecular flexibility index (Phi) is 5.76. The zero-order valence-electron chi connectivity index (χ0n) is 14.9. The van der Waals surface area contributed by atoms with E-state index in [4.69, 9.17) is 11.6 Å². The fourth-order valence-electron chi connectivity index (χ4n) is 3.38. The molecule has 0 aliphatic carbocycles. The van der Waals surface area contributed by atoms with Crippen LogP contribution in [0.5, 0.6) is 0 Å². The lowest BCUT2D eigenvalue weighted by molar-refractivity contribution is 0.0678. The Morgan fingerprint density at radius 2 is 2.00 bits per heavy atom. The zero-order chi connectivity index (χ0) is 17.8. The van der Waals surface area contributed by atoms with E-state index in [9.17, 15) is 4.79 Å². The Labute approximate surface area is 154 Å². The number of hydrogen-bond acceptors (Lipinski definition) is 3. The van der Waals surface area contributed by atoms with Gasteiger partial charge in [-0.15, -0.1) is 0 Å². The number of carbonyl (C=O) groups excluding carboxylic acids is 1. The molecule has 0 N–H and O–H groups in total. The summed E-state index contributed by atoms with van der Waals surface area (Å²) in [5.41, 5.74) is 1.65. The molecule has 1 aromatic carbocycles. The smallest absolute Gasteiger partial charge is 0.257 e. The number of rotatable bonds is 5. The molecule has 25 heavy (non-hydrogen) atoms. The van der Waals surface area contributed by atoms with E-state index >= 15 is 0 Å². The third-order valence-electron chi connectivity index (χ3n) is 4.70. The standard InChI is InChI=1S/C19H25ClN4O/c1-22(2)12-15-7-9-23(10-8-15)19(25)17-11-21-24(14-17)13-16-5-3-4-6-18(16)20/h3-6,11,14-15H,7-10,12-13H2,1-2H3. The van der Waals surface area contributed by atoms with Crippen LogP contribution >= 0.6 is 11.6 Å². The minimum atomic E-state index is 0.0775. The fourth-order valence-corrected chi connectivity index (χ4v) is 3.57. The molecule has 2 heterocycles. The topological polar surface area (TPSA) is 41.4 Å². The van der Waals surface area contributed by atoms with Gasteiger partial charge in [-0.2, -0.15) is 5.10 Å². The van der Waals surface area contributed by atoms with Crippen LogP contribution in [0.1, 0.15) is 28.8 Å². The number of carbonyl (C=O) groups is 1. The van der Waals surface area contributed by atoms with Crippen molar-refractivity contribution < 1.29 is 4.79 Å². The van der Waals surface area contributed by atoms with E-state index in [0.29, 0.717) is 23.0 Å². The highest BCUT2D eigenvalue weighted by Crippen LogP contribution is 2.20. The summed E-state index contributed by atoms with van der Waals surface area (Å²) in [5, 5.41) is 5.04. The molecule has 1 fully saturated rings. The molecule has 0 radical (unpaired) electrons. The Morgan fingerprint density at radius 3 is 2.68 bits per heavy atom. The first-order valence-electron chi connectivity index (χ1n) is 8.73. The predicted octanol–water partition coefficient (Wildman–Crippen LogP) is 3.00. The summed E-state index contributed by atoms with van der Waals surface area (Å²) in [6.45, 7) is 3.32. The number of halogens is 1. The third-order valence-corrected chi connectivity index (χ3v) is 5.06. The van der Waals surface area contributed by atoms with Crippen molar-refractivity contribution in [3.05, 3.63) is 52.8 Å². The van der Waals surface area contributed by atoms with Gasteiger partial charge in [0.2, 0.25) is 0 Å². The lowest BCUT2D eigenvalue weighted by Crippen LogP contribution is -2.40. The lowest BCUT2D eigenvalue weighted by atomic mass is 9.96. The van der Waals surface area contributed by atoms with Gasteiger partial charge in [-0.25, -0.2) is 0 Å². The second-order valence-electron chi connectivity index (χ2n) is 7.02. The van der Waals surface area contributed by atoms with Crippen LogP contribution in [-0.2, 0) is 6.54 Å². The molecule has 1 aliphatic rings. The minimum Gasteiger partial charge on any atom is -0.339 e. The highest BCUT2D eigenvalue weighted by Gasteiger charge is 2.24. The molecule has 1 amide bonds. The molecule has 0 bridgehead atoms. The maximum absolute atomic E-state index is 12.7. The van der Waals surface area contributed by atoms with Crippen molar-refractivity contribution in [2.75, 3.05) is 33.7 Å². The van der Waals surface area contributed by atoms with Crippen LogP contribution in [0.25, 0.3) is 0 Å². The number of hydrogen-bond donors (Lipinski definition) is 0. The number of benzene rings is 1. The van der Waals surface area contributed by atoms with E-state index in [0.717, 1.165) is 38.0 Å². The summed E-state index contributed by atoms with van der Waals surface area (Å²) < 4.78 is 1.77. The van der Waals surface area contributed by atoms with E-state index in [1.54, 1.807) is 10.9 Å². The summed E-state index contributed by atoms with van der Waals surface area (Å²) in [7, 11) is 4.20. The quantitative estimate of drug-likeness (QED) is 0.823. The van der Waals surface area contributed by atoms with Gasteiger partial charge in [0.05, 0.1) is 18.3 Å². The van der Waals surface area contributed by atoms with Gasteiger partial charge in [0.15, 0.2) is 0 Å². The largest absolute Gasteiger partial charge is 0.339 e. The second-order valence-corrected chi connectivity index (χ2v) is 7.42. The maximum atomic E-state index is 12.7. The van der Waals surface area contributed by atoms with Crippen molar-refractivity contribution in [2.45, 2.75) is 19.4 Å². The van der Waals surface area contributed by atoms with Crippen molar-refractivity contribution in [3.63, 3.8) is 0 Å². The summed E-state index contributed by atoms with van der Waals surface area (Å²) in [5.74, 6) is 0.760. The molecular weight excluding hydrogens is 336 g/mol. The van der Waals surface area contributed by atoms with E-state index in [1.807, 2.05) is 35.4 Å². The predicted molar refractivity (Wildman–Crippen MR) is 100.0 cm³/mol. The molecule has 1 aromatic heterocycles. The van der Waals surface area contributed by atoms with Gasteiger partial charge in [0, 0.05) is 30.9 Å². The van der Waals surface area contributed by atoms with E-state index in [1.165, 1.54) is 0 Å². The summed E-state index contributed by atoms with van der Waals surface area (Å²) in [6, 6.07) is 7.70. The number of amides is 1. The highest BCUT2D eigenvalue weighted by molar-refractivity contribution is 6.31. The van der Waals surface area contributed by atoms with Gasteiger partial charge >= 0.3 is 0 Å². The fraction of sp³-hybridized carbons (Fsp3) is 0.474. The van der Waals surface area contributed by atoms with Crippen molar-refractivity contribution in [1.29, 1.82) is 0 Å². The number of aromatic nitrogens is 2. The normalized spacial score (nSPS) is 15.8. The molecule has 3 rings (SSSR count). The Balaban J connectivity index is 1.59. The van der Waals surface area contributed by atoms with E-state index in [2.05, 4.69) is 24.1 Å². The van der Waals surface area contributed by atoms with Crippen LogP contribution in [-0.4, -0.2) is 59.2 Å². The van der Waals surface area contributed by atoms with Crippen molar-refractivity contribution >= 4 is 17.5 Å². The molecule has 0 atom stereocenters. The van der Waals surface area contributed by atoms with Crippen molar-refractivity contribution in [2.24, 2.45) is 5.92 Å². The molecule has 134 valence electrons. The maximum Gasteiger partial charge on any atom is 0.257 e. The van der Waals surface area contributed by atoms with Gasteiger partial charge < -0.3 is 9.80 Å². The average molecular weight is 361 g/mol. The van der Waals surface area contributed by atoms with Gasteiger partial charge in [0.1, 0.15) is 0 Å². The zero-order valence-corrected chi connectivity index (χ0v) is 15.6. The average Bonchev–Trinajstić information content (AvgIpc) is 3.05. The van der Waals surface area contributed by atoms with E-state index in [-0.39, 0.29) is 5.91 Å². The van der Waals surface area contributed by atoms with Crippen LogP contribution in [0, 0.1) is 5.92 Å². The first kappa shape index (κ1) is 18.0. The van der Waals surface area contributed by atoms with Crippen LogP contribution in [0.4, 0.5) is 0 Å². The monoisotopic (exact) mass is 360 g/mol. The molecule has 0 unspecified atom stereocenters. The molecule has 5 nitrogen and oxygen atoms in total. The van der Waals surface area contributed by atoms with Crippen molar-refractivity contribution in [3.8, 4) is 0 Å². The van der Waals surface area contributed by atoms with Gasteiger partial charge in [-0.05, 0) is 44.5 Å². The molecule has 0 saturated carbocycles. The summed E-state index contributed by atoms with van der Waals surface area (Å²) in [4.78, 5) is 16.9. The molecule has 1 saturated heterocycles. The van der Waals surface area contributed by atoms with Gasteiger partial charge in [-0.3, -0.25) is 9.48 Å². The Morgan fingerprint density at radius 1 is 1.28 bits per heavy atom. The molecule has 6 heteroatoms. The van der Waals surface area contributed by atoms with Crippen LogP contribution < -0.4 is 0 Å². The van der Waals surface area contributed by atoms with Crippen LogP contribution in [0.15, 0.2) is 36.7 Å². The Bertz CT molecular complexity index is 720. The minimum absolute atomic E-state index is 0.0775. The summed E-state index contributed by atoms with van der Waals surface area (Å²) >= 11 is 6.20. The third kappa shape index (κ3) is 4.61. The summed E-state index contributed by atoms with van der Waals surface area (Å²) in [6.07, 6.45) is 5.61. The molecule has 0 spiro atoms. The highest BCUT2D eigenvalue weighted by atomic mass is 35.5. The number of nitrogens with zero attached hydrogens (tertiary/aromatic N) is 4. The Hall–Kier alpha value is -1.85. The molecule has 1 aliphatic heterocycles. The second kappa shape index (κ2) is 8.02. The molecule has 2 aromatic rings. The lowest BCUT2D eigenvalue weighted by Gasteiger charge is -2.33.